The number of nitrogens with zero attached hydrogens (tertiary/aromatic N) is 3. The third-order valence-electron chi connectivity index (χ3n) is 4.54. The van der Waals surface area contributed by atoms with Crippen LogP contribution < -0.4 is 0 Å². The van der Waals surface area contributed by atoms with Crippen LogP contribution in [0.25, 0.3) is 0 Å². The van der Waals surface area contributed by atoms with Crippen LogP contribution in [0.4, 0.5) is 0 Å². The van der Waals surface area contributed by atoms with Crippen molar-refractivity contribution in [3.05, 3.63) is 47.0 Å². The molecule has 1 N–H and O–H groups in total. The van der Waals surface area contributed by atoms with Gasteiger partial charge in [0.05, 0.1) is 0 Å². The van der Waals surface area contributed by atoms with Gasteiger partial charge in [0, 0.05) is 31.5 Å². The normalized spacial score (nSPS) is 15.8. The van der Waals surface area contributed by atoms with Crippen molar-refractivity contribution in [3.8, 4) is 0 Å². The van der Waals surface area contributed by atoms with Gasteiger partial charge in [-0.15, -0.1) is 0 Å². The molecule has 0 saturated carbocycles. The molecule has 5 heteroatoms. The van der Waals surface area contributed by atoms with E-state index in [1.807, 2.05) is 36.1 Å². The molecular weight excluding hydrogens is 288 g/mol. The van der Waals surface area contributed by atoms with Gasteiger partial charge in [-0.1, -0.05) is 24.6 Å². The van der Waals surface area contributed by atoms with Crippen molar-refractivity contribution in [1.29, 1.82) is 0 Å². The molecule has 0 atom stereocenters. The highest BCUT2D eigenvalue weighted by Crippen LogP contribution is 2.22. The summed E-state index contributed by atoms with van der Waals surface area (Å²) in [6.07, 6.45) is 3.85. The second kappa shape index (κ2) is 6.94. The van der Waals surface area contributed by atoms with E-state index in [-0.39, 0.29) is 5.91 Å². The Hall–Kier alpha value is -2.17. The van der Waals surface area contributed by atoms with Crippen molar-refractivity contribution >= 4 is 5.91 Å². The van der Waals surface area contributed by atoms with Gasteiger partial charge in [0.2, 0.25) is 0 Å². The summed E-state index contributed by atoms with van der Waals surface area (Å²) in [7, 11) is 0. The first-order valence-corrected chi connectivity index (χ1v) is 8.41. The topological polar surface area (TPSA) is 61.9 Å². The molecule has 0 spiro atoms. The van der Waals surface area contributed by atoms with Gasteiger partial charge in [-0.25, -0.2) is 4.98 Å². The number of H-pyrrole nitrogens is 1. The van der Waals surface area contributed by atoms with Crippen LogP contribution in [0.15, 0.2) is 24.3 Å². The van der Waals surface area contributed by atoms with Crippen LogP contribution in [0.5, 0.6) is 0 Å². The number of carbonyl (C=O) groups is 1. The fourth-order valence-corrected chi connectivity index (χ4v) is 3.16. The van der Waals surface area contributed by atoms with E-state index < -0.39 is 0 Å². The summed E-state index contributed by atoms with van der Waals surface area (Å²) in [5.41, 5.74) is 1.93. The standard InChI is InChI=1S/C18H24N4O/c1-3-16-19-17(21-20-16)12-14-7-9-22(10-8-14)18(23)15-6-4-5-13(2)11-15/h4-6,11,14H,3,7-10,12H2,1-2H3,(H,19,20,21). The SMILES string of the molecule is CCc1n[nH]c(CC2CCN(C(=O)c3cccc(C)c3)CC2)n1. The first-order valence-electron chi connectivity index (χ1n) is 8.41. The molecule has 0 aliphatic carbocycles. The maximum Gasteiger partial charge on any atom is 0.253 e. The number of piperidine rings is 1. The van der Waals surface area contributed by atoms with E-state index in [0.717, 1.165) is 61.5 Å². The second-order valence-corrected chi connectivity index (χ2v) is 6.36. The summed E-state index contributed by atoms with van der Waals surface area (Å²) >= 11 is 0. The summed E-state index contributed by atoms with van der Waals surface area (Å²) < 4.78 is 0. The predicted octanol–water partition coefficient (Wildman–Crippen LogP) is 2.77. The number of hydrogen-bond acceptors (Lipinski definition) is 3. The fourth-order valence-electron chi connectivity index (χ4n) is 3.16. The molecule has 1 amide bonds. The maximum atomic E-state index is 12.6. The molecule has 0 radical (unpaired) electrons. The number of aryl methyl sites for hydroxylation is 2. The number of carbonyl (C=O) groups excluding carboxylic acids is 1. The molecule has 23 heavy (non-hydrogen) atoms. The third kappa shape index (κ3) is 3.78. The number of benzene rings is 1. The van der Waals surface area contributed by atoms with E-state index in [0.29, 0.717) is 5.92 Å². The molecule has 1 aliphatic rings. The molecule has 1 aromatic carbocycles. The zero-order chi connectivity index (χ0) is 16.2. The molecule has 1 aromatic heterocycles. The summed E-state index contributed by atoms with van der Waals surface area (Å²) in [5.74, 6) is 2.59. The van der Waals surface area contributed by atoms with E-state index in [2.05, 4.69) is 22.1 Å². The number of amides is 1. The molecule has 0 bridgehead atoms. The van der Waals surface area contributed by atoms with Gasteiger partial charge < -0.3 is 4.90 Å². The van der Waals surface area contributed by atoms with Crippen molar-refractivity contribution in [3.63, 3.8) is 0 Å². The molecule has 0 unspecified atom stereocenters. The molecule has 122 valence electrons. The highest BCUT2D eigenvalue weighted by atomic mass is 16.2. The fraction of sp³-hybridized carbons (Fsp3) is 0.500. The molecule has 2 aromatic rings. The first kappa shape index (κ1) is 15.7. The van der Waals surface area contributed by atoms with Crippen LogP contribution in [0.1, 0.15) is 47.3 Å². The van der Waals surface area contributed by atoms with Gasteiger partial charge >= 0.3 is 0 Å². The van der Waals surface area contributed by atoms with Crippen LogP contribution in [0.2, 0.25) is 0 Å². The highest BCUT2D eigenvalue weighted by Gasteiger charge is 2.24. The van der Waals surface area contributed by atoms with Gasteiger partial charge in [0.25, 0.3) is 5.91 Å². The Morgan fingerprint density at radius 2 is 2.13 bits per heavy atom. The Bertz CT molecular complexity index is 671. The Labute approximate surface area is 137 Å². The van der Waals surface area contributed by atoms with Crippen LogP contribution in [-0.2, 0) is 12.8 Å². The Balaban J connectivity index is 1.54. The minimum absolute atomic E-state index is 0.153. The van der Waals surface area contributed by atoms with E-state index in [1.165, 1.54) is 0 Å². The lowest BCUT2D eigenvalue weighted by Gasteiger charge is -2.31. The number of nitrogens with one attached hydrogen (secondary N) is 1. The second-order valence-electron chi connectivity index (χ2n) is 6.36. The van der Waals surface area contributed by atoms with Crippen molar-refractivity contribution in [1.82, 2.24) is 20.1 Å². The summed E-state index contributed by atoms with van der Waals surface area (Å²) in [6.45, 7) is 5.73. The van der Waals surface area contributed by atoms with Gasteiger partial charge in [0.15, 0.2) is 0 Å². The van der Waals surface area contributed by atoms with Crippen LogP contribution in [0, 0.1) is 12.8 Å². The first-order chi connectivity index (χ1) is 11.2. The predicted molar refractivity (Wildman–Crippen MR) is 89.3 cm³/mol. The number of likely N-dealkylation sites (tertiary alicyclic amines) is 1. The number of rotatable bonds is 4. The number of hydrogen-bond donors (Lipinski definition) is 1. The van der Waals surface area contributed by atoms with E-state index in [9.17, 15) is 4.79 Å². The number of aromatic amines is 1. The van der Waals surface area contributed by atoms with Gasteiger partial charge in [-0.2, -0.15) is 5.10 Å². The number of aromatic nitrogens is 3. The smallest absolute Gasteiger partial charge is 0.253 e. The van der Waals surface area contributed by atoms with Crippen molar-refractivity contribution in [2.75, 3.05) is 13.1 Å². The van der Waals surface area contributed by atoms with Gasteiger partial charge in [-0.3, -0.25) is 9.89 Å². The summed E-state index contributed by atoms with van der Waals surface area (Å²) in [4.78, 5) is 19.0. The van der Waals surface area contributed by atoms with Crippen molar-refractivity contribution < 1.29 is 4.79 Å². The molecule has 5 nitrogen and oxygen atoms in total. The molecule has 1 aliphatic heterocycles. The van der Waals surface area contributed by atoms with Crippen LogP contribution >= 0.6 is 0 Å². The minimum atomic E-state index is 0.153. The molecule has 3 rings (SSSR count). The van der Waals surface area contributed by atoms with Crippen LogP contribution in [-0.4, -0.2) is 39.1 Å². The zero-order valence-corrected chi connectivity index (χ0v) is 13.9. The monoisotopic (exact) mass is 312 g/mol. The average Bonchev–Trinajstić information content (AvgIpc) is 3.02. The van der Waals surface area contributed by atoms with E-state index in [1.54, 1.807) is 0 Å². The molecule has 1 fully saturated rings. The Morgan fingerprint density at radius 1 is 1.35 bits per heavy atom. The van der Waals surface area contributed by atoms with E-state index >= 15 is 0 Å². The molecule has 1 saturated heterocycles. The van der Waals surface area contributed by atoms with Gasteiger partial charge in [0.1, 0.15) is 11.6 Å². The zero-order valence-electron chi connectivity index (χ0n) is 13.9. The quantitative estimate of drug-likeness (QED) is 0.944. The van der Waals surface area contributed by atoms with Crippen molar-refractivity contribution in [2.45, 2.75) is 39.5 Å². The summed E-state index contributed by atoms with van der Waals surface area (Å²) in [6, 6.07) is 7.84. The average molecular weight is 312 g/mol. The lowest BCUT2D eigenvalue weighted by atomic mass is 9.93. The summed E-state index contributed by atoms with van der Waals surface area (Å²) in [5, 5.41) is 7.22. The van der Waals surface area contributed by atoms with Crippen LogP contribution in [0.3, 0.4) is 0 Å². The minimum Gasteiger partial charge on any atom is -0.339 e. The van der Waals surface area contributed by atoms with Crippen molar-refractivity contribution in [2.24, 2.45) is 5.92 Å². The lowest BCUT2D eigenvalue weighted by Crippen LogP contribution is -2.39. The molecule has 2 heterocycles. The largest absolute Gasteiger partial charge is 0.339 e. The lowest BCUT2D eigenvalue weighted by molar-refractivity contribution is 0.0690. The van der Waals surface area contributed by atoms with E-state index in [4.69, 9.17) is 0 Å². The molecular formula is C18H24N4O. The highest BCUT2D eigenvalue weighted by molar-refractivity contribution is 5.94. The third-order valence-corrected chi connectivity index (χ3v) is 4.54. The van der Waals surface area contributed by atoms with Gasteiger partial charge in [-0.05, 0) is 37.8 Å². The Kier molecular flexibility index (Phi) is 4.74. The maximum absolute atomic E-state index is 12.6. The Morgan fingerprint density at radius 3 is 2.78 bits per heavy atom.